The number of nitrogens with one attached hydrogen (secondary N) is 1. The zero-order valence-corrected chi connectivity index (χ0v) is 12.3. The van der Waals surface area contributed by atoms with Gasteiger partial charge >= 0.3 is 0 Å². The number of anilines is 1. The third kappa shape index (κ3) is 2.76. The van der Waals surface area contributed by atoms with Crippen molar-refractivity contribution in [2.75, 3.05) is 24.5 Å². The van der Waals surface area contributed by atoms with Gasteiger partial charge in [0, 0.05) is 25.7 Å². The van der Waals surface area contributed by atoms with Gasteiger partial charge < -0.3 is 4.90 Å². The van der Waals surface area contributed by atoms with Crippen LogP contribution in [0.5, 0.6) is 0 Å². The molecule has 0 saturated carbocycles. The van der Waals surface area contributed by atoms with Gasteiger partial charge in [0.1, 0.15) is 18.0 Å². The minimum absolute atomic E-state index is 0.151. The number of H-pyrrole nitrogens is 1. The summed E-state index contributed by atoms with van der Waals surface area (Å²) in [5, 5.41) is 6.84. The lowest BCUT2D eigenvalue weighted by molar-refractivity contribution is 0.133. The summed E-state index contributed by atoms with van der Waals surface area (Å²) >= 11 is 0. The number of para-hydroxylation sites is 1. The van der Waals surface area contributed by atoms with Crippen LogP contribution in [0.2, 0.25) is 0 Å². The first-order valence-electron chi connectivity index (χ1n) is 7.27. The van der Waals surface area contributed by atoms with Crippen LogP contribution in [0.1, 0.15) is 25.7 Å². The van der Waals surface area contributed by atoms with Gasteiger partial charge in [-0.1, -0.05) is 12.1 Å². The molecule has 21 heavy (non-hydrogen) atoms. The summed E-state index contributed by atoms with van der Waals surface area (Å²) in [5.41, 5.74) is 0.691. The molecule has 2 aromatic rings. The van der Waals surface area contributed by atoms with Gasteiger partial charge in [-0.3, -0.25) is 10.00 Å². The first kappa shape index (κ1) is 14.0. The molecule has 2 unspecified atom stereocenters. The SMILES string of the molecule is CC1CN(c2ccccc2F)CCN1C(C)c1ncn[nH]1. The minimum atomic E-state index is -0.151. The van der Waals surface area contributed by atoms with Crippen LogP contribution < -0.4 is 4.90 Å². The highest BCUT2D eigenvalue weighted by Crippen LogP contribution is 2.26. The van der Waals surface area contributed by atoms with Gasteiger partial charge in [-0.15, -0.1) is 0 Å². The fourth-order valence-corrected chi connectivity index (χ4v) is 3.05. The van der Waals surface area contributed by atoms with E-state index < -0.39 is 0 Å². The lowest BCUT2D eigenvalue weighted by atomic mass is 10.1. The van der Waals surface area contributed by atoms with Crippen LogP contribution in [0.25, 0.3) is 0 Å². The zero-order valence-electron chi connectivity index (χ0n) is 12.3. The van der Waals surface area contributed by atoms with E-state index in [1.807, 2.05) is 12.1 Å². The molecule has 1 fully saturated rings. The van der Waals surface area contributed by atoms with E-state index >= 15 is 0 Å². The topological polar surface area (TPSA) is 48.1 Å². The molecule has 6 heteroatoms. The van der Waals surface area contributed by atoms with Crippen LogP contribution in [0.3, 0.4) is 0 Å². The van der Waals surface area contributed by atoms with Crippen molar-refractivity contribution in [3.8, 4) is 0 Å². The van der Waals surface area contributed by atoms with Crippen molar-refractivity contribution in [3.05, 3.63) is 42.2 Å². The van der Waals surface area contributed by atoms with Crippen molar-refractivity contribution < 1.29 is 4.39 Å². The number of rotatable bonds is 3. The molecule has 0 bridgehead atoms. The van der Waals surface area contributed by atoms with Crippen LogP contribution in [-0.2, 0) is 0 Å². The third-order valence-electron chi connectivity index (χ3n) is 4.20. The van der Waals surface area contributed by atoms with Gasteiger partial charge in [-0.05, 0) is 26.0 Å². The number of nitrogens with zero attached hydrogens (tertiary/aromatic N) is 4. The molecule has 1 N–H and O–H groups in total. The van der Waals surface area contributed by atoms with E-state index in [1.54, 1.807) is 6.07 Å². The normalized spacial score (nSPS) is 21.5. The average Bonchev–Trinajstić information content (AvgIpc) is 3.01. The van der Waals surface area contributed by atoms with Gasteiger partial charge in [-0.2, -0.15) is 5.10 Å². The van der Waals surface area contributed by atoms with Crippen molar-refractivity contribution in [1.82, 2.24) is 20.1 Å². The average molecular weight is 289 g/mol. The molecule has 0 amide bonds. The van der Waals surface area contributed by atoms with E-state index in [-0.39, 0.29) is 11.9 Å². The Balaban J connectivity index is 1.71. The van der Waals surface area contributed by atoms with Crippen LogP contribution in [-0.4, -0.2) is 45.8 Å². The summed E-state index contributed by atoms with van der Waals surface area (Å²) in [6, 6.07) is 7.47. The number of halogens is 1. The lowest BCUT2D eigenvalue weighted by Gasteiger charge is -2.43. The molecule has 2 heterocycles. The molecule has 5 nitrogen and oxygen atoms in total. The number of piperazine rings is 1. The smallest absolute Gasteiger partial charge is 0.146 e. The third-order valence-corrected chi connectivity index (χ3v) is 4.20. The summed E-state index contributed by atoms with van der Waals surface area (Å²) in [4.78, 5) is 8.72. The molecule has 112 valence electrons. The maximum absolute atomic E-state index is 13.9. The Hall–Kier alpha value is -1.95. The molecule has 1 aromatic heterocycles. The van der Waals surface area contributed by atoms with E-state index in [1.165, 1.54) is 12.4 Å². The highest BCUT2D eigenvalue weighted by Gasteiger charge is 2.29. The number of hydrogen-bond acceptors (Lipinski definition) is 4. The fraction of sp³-hybridized carbons (Fsp3) is 0.467. The van der Waals surface area contributed by atoms with Crippen LogP contribution in [0.4, 0.5) is 10.1 Å². The van der Waals surface area contributed by atoms with E-state index in [4.69, 9.17) is 0 Å². The molecule has 0 radical (unpaired) electrons. The summed E-state index contributed by atoms with van der Waals surface area (Å²) in [6.45, 7) is 6.77. The Bertz CT molecular complexity index is 586. The number of benzene rings is 1. The predicted octanol–water partition coefficient (Wildman–Crippen LogP) is 2.22. The second kappa shape index (κ2) is 5.81. The highest BCUT2D eigenvalue weighted by molar-refractivity contribution is 5.48. The first-order chi connectivity index (χ1) is 10.2. The standard InChI is InChI=1S/C15H20FN5/c1-11-9-20(14-6-4-3-5-13(14)16)7-8-21(11)12(2)15-17-10-18-19-15/h3-6,10-12H,7-9H2,1-2H3,(H,17,18,19). The quantitative estimate of drug-likeness (QED) is 0.941. The minimum Gasteiger partial charge on any atom is -0.366 e. The van der Waals surface area contributed by atoms with Crippen LogP contribution in [0.15, 0.2) is 30.6 Å². The van der Waals surface area contributed by atoms with E-state index in [0.717, 1.165) is 25.5 Å². The Kier molecular flexibility index (Phi) is 3.88. The van der Waals surface area contributed by atoms with Crippen molar-refractivity contribution in [1.29, 1.82) is 0 Å². The molecular weight excluding hydrogens is 269 g/mol. The fourth-order valence-electron chi connectivity index (χ4n) is 3.05. The Morgan fingerprint density at radius 1 is 1.33 bits per heavy atom. The summed E-state index contributed by atoms with van der Waals surface area (Å²) < 4.78 is 13.9. The molecule has 2 atom stereocenters. The molecule has 1 saturated heterocycles. The predicted molar refractivity (Wildman–Crippen MR) is 79.6 cm³/mol. The largest absolute Gasteiger partial charge is 0.366 e. The van der Waals surface area contributed by atoms with Gasteiger partial charge in [-0.25, -0.2) is 9.37 Å². The first-order valence-corrected chi connectivity index (χ1v) is 7.27. The van der Waals surface area contributed by atoms with Crippen molar-refractivity contribution in [2.45, 2.75) is 25.9 Å². The molecule has 0 spiro atoms. The maximum Gasteiger partial charge on any atom is 0.146 e. The van der Waals surface area contributed by atoms with Crippen molar-refractivity contribution in [2.24, 2.45) is 0 Å². The van der Waals surface area contributed by atoms with E-state index in [2.05, 4.69) is 38.8 Å². The van der Waals surface area contributed by atoms with E-state index in [0.29, 0.717) is 11.7 Å². The molecule has 0 aliphatic carbocycles. The van der Waals surface area contributed by atoms with Gasteiger partial charge in [0.15, 0.2) is 0 Å². The Labute approximate surface area is 123 Å². The molecule has 1 aliphatic rings. The second-order valence-electron chi connectivity index (χ2n) is 5.53. The zero-order chi connectivity index (χ0) is 14.8. The monoisotopic (exact) mass is 289 g/mol. The van der Waals surface area contributed by atoms with Crippen LogP contribution in [0, 0.1) is 5.82 Å². The van der Waals surface area contributed by atoms with Crippen molar-refractivity contribution in [3.63, 3.8) is 0 Å². The Morgan fingerprint density at radius 3 is 2.81 bits per heavy atom. The van der Waals surface area contributed by atoms with Gasteiger partial charge in [0.25, 0.3) is 0 Å². The number of hydrogen-bond donors (Lipinski definition) is 1. The van der Waals surface area contributed by atoms with Crippen molar-refractivity contribution >= 4 is 5.69 Å². The lowest BCUT2D eigenvalue weighted by Crippen LogP contribution is -2.53. The van der Waals surface area contributed by atoms with Gasteiger partial charge in [0.05, 0.1) is 11.7 Å². The summed E-state index contributed by atoms with van der Waals surface area (Å²) in [6.07, 6.45) is 1.53. The number of aromatic nitrogens is 3. The second-order valence-corrected chi connectivity index (χ2v) is 5.53. The van der Waals surface area contributed by atoms with Crippen LogP contribution >= 0.6 is 0 Å². The molecular formula is C15H20FN5. The highest BCUT2D eigenvalue weighted by atomic mass is 19.1. The van der Waals surface area contributed by atoms with E-state index in [9.17, 15) is 4.39 Å². The molecule has 1 aliphatic heterocycles. The summed E-state index contributed by atoms with van der Waals surface area (Å²) in [7, 11) is 0. The Morgan fingerprint density at radius 2 is 2.14 bits per heavy atom. The number of aromatic amines is 1. The maximum atomic E-state index is 13.9. The van der Waals surface area contributed by atoms with Gasteiger partial charge in [0.2, 0.25) is 0 Å². The molecule has 1 aromatic carbocycles. The molecule has 3 rings (SSSR count). The summed E-state index contributed by atoms with van der Waals surface area (Å²) in [5.74, 6) is 0.725.